The van der Waals surface area contributed by atoms with Gasteiger partial charge in [-0.15, -0.1) is 0 Å². The Morgan fingerprint density at radius 2 is 1.57 bits per heavy atom. The van der Waals surface area contributed by atoms with Crippen LogP contribution < -0.4 is 0 Å². The van der Waals surface area contributed by atoms with E-state index in [9.17, 15) is 0 Å². The van der Waals surface area contributed by atoms with E-state index < -0.39 is 6.10 Å². The van der Waals surface area contributed by atoms with E-state index in [1.54, 1.807) is 55.7 Å². The van der Waals surface area contributed by atoms with Crippen LogP contribution in [0.1, 0.15) is 11.8 Å². The monoisotopic (exact) mass is 656 g/mol. The first-order chi connectivity index (χ1) is 24.4. The van der Waals surface area contributed by atoms with E-state index in [1.165, 1.54) is 11.5 Å². The Kier molecular flexibility index (Phi) is 7.09. The molecule has 0 saturated heterocycles. The molecule has 0 amide bonds. The lowest BCUT2D eigenvalue weighted by Gasteiger charge is -2.21. The number of H-pyrrole nitrogens is 1. The van der Waals surface area contributed by atoms with E-state index in [1.807, 2.05) is 78.3 Å². The van der Waals surface area contributed by atoms with Gasteiger partial charge in [-0.2, -0.15) is 14.6 Å². The SMILES string of the molecule is C1=COC(c2c(-c3cnccn3)c3c(-c4ncccn4)c(-c4cccnn4)c(-c4ccccn4)c(-c4ccsn4)c3n2-c2ccc[nH]2)C=C1. The molecule has 8 aromatic rings. The minimum atomic E-state index is -0.496. The summed E-state index contributed by atoms with van der Waals surface area (Å²) in [6, 6.07) is 17.5. The molecule has 1 aliphatic heterocycles. The van der Waals surface area contributed by atoms with Crippen LogP contribution >= 0.6 is 11.5 Å². The zero-order chi connectivity index (χ0) is 32.6. The van der Waals surface area contributed by atoms with Gasteiger partial charge in [0.15, 0.2) is 11.9 Å². The van der Waals surface area contributed by atoms with E-state index >= 15 is 0 Å². The van der Waals surface area contributed by atoms with Gasteiger partial charge < -0.3 is 9.72 Å². The highest BCUT2D eigenvalue weighted by Crippen LogP contribution is 2.54. The third kappa shape index (κ3) is 4.81. The quantitative estimate of drug-likeness (QED) is 0.184. The number of rotatable bonds is 7. The van der Waals surface area contributed by atoms with Gasteiger partial charge in [0.1, 0.15) is 5.82 Å². The van der Waals surface area contributed by atoms with Gasteiger partial charge in [0, 0.05) is 82.0 Å². The summed E-state index contributed by atoms with van der Waals surface area (Å²) in [6.45, 7) is 0. The first-order valence-corrected chi connectivity index (χ1v) is 16.3. The highest BCUT2D eigenvalue weighted by molar-refractivity contribution is 7.03. The molecule has 7 aromatic heterocycles. The topological polar surface area (TPSA) is 133 Å². The third-order valence-corrected chi connectivity index (χ3v) is 8.85. The fourth-order valence-corrected chi connectivity index (χ4v) is 6.99. The lowest BCUT2D eigenvalue weighted by molar-refractivity contribution is 0.181. The Morgan fingerprint density at radius 1 is 0.694 bits per heavy atom. The van der Waals surface area contributed by atoms with Gasteiger partial charge in [0.25, 0.3) is 0 Å². The summed E-state index contributed by atoms with van der Waals surface area (Å²) in [6.07, 6.45) is 21.1. The molecule has 234 valence electrons. The zero-order valence-electron chi connectivity index (χ0n) is 25.6. The van der Waals surface area contributed by atoms with Crippen molar-refractivity contribution in [2.75, 3.05) is 0 Å². The molecule has 9 rings (SSSR count). The summed E-state index contributed by atoms with van der Waals surface area (Å²) in [5.41, 5.74) is 8.39. The molecule has 0 fully saturated rings. The fourth-order valence-electron chi connectivity index (χ4n) is 6.47. The summed E-state index contributed by atoms with van der Waals surface area (Å²) >= 11 is 1.38. The molecule has 0 bridgehead atoms. The number of aromatic nitrogens is 10. The van der Waals surface area contributed by atoms with Crippen molar-refractivity contribution in [1.29, 1.82) is 0 Å². The molecule has 1 aromatic carbocycles. The number of pyridine rings is 1. The van der Waals surface area contributed by atoms with Crippen LogP contribution in [-0.4, -0.2) is 49.0 Å². The standard InChI is InChI=1S/C37H24N10OS/c1-3-13-39-23(8-1)29-30(24-9-5-17-44-45-24)34(37-42-15-7-16-43-37)33-32(26-22-38-18-19-40-26)35(27-10-2-4-20-48-27)47(28-11-6-14-41-28)36(33)31(29)25-12-21-49-46-25/h1-22,27,41H. The normalized spacial score (nSPS) is 13.9. The maximum atomic E-state index is 6.37. The molecule has 0 spiro atoms. The maximum absolute atomic E-state index is 6.37. The van der Waals surface area contributed by atoms with Gasteiger partial charge in [0.05, 0.1) is 46.4 Å². The van der Waals surface area contributed by atoms with Gasteiger partial charge in [-0.05, 0) is 72.2 Å². The maximum Gasteiger partial charge on any atom is 0.160 e. The molecule has 1 atom stereocenters. The number of ether oxygens (including phenoxy) is 1. The van der Waals surface area contributed by atoms with E-state index in [2.05, 4.69) is 24.7 Å². The Bertz CT molecular complexity index is 2450. The lowest BCUT2D eigenvalue weighted by atomic mass is 9.85. The smallest absolute Gasteiger partial charge is 0.160 e. The average Bonchev–Trinajstić information content (AvgIpc) is 3.97. The zero-order valence-corrected chi connectivity index (χ0v) is 26.4. The molecule has 11 nitrogen and oxygen atoms in total. The number of benzene rings is 1. The van der Waals surface area contributed by atoms with Crippen LogP contribution in [0.2, 0.25) is 0 Å². The molecule has 49 heavy (non-hydrogen) atoms. The molecule has 1 aliphatic rings. The molecule has 0 saturated carbocycles. The van der Waals surface area contributed by atoms with Crippen LogP contribution in [0.4, 0.5) is 0 Å². The summed E-state index contributed by atoms with van der Waals surface area (Å²) in [4.78, 5) is 27.5. The van der Waals surface area contributed by atoms with Gasteiger partial charge in [0.2, 0.25) is 0 Å². The van der Waals surface area contributed by atoms with Crippen LogP contribution in [0.15, 0.2) is 134 Å². The van der Waals surface area contributed by atoms with E-state index in [0.29, 0.717) is 17.2 Å². The highest BCUT2D eigenvalue weighted by atomic mass is 32.1. The number of hydrogen-bond donors (Lipinski definition) is 1. The fraction of sp³-hybridized carbons (Fsp3) is 0.0270. The Hall–Kier alpha value is -6.66. The number of fused-ring (bicyclic) bond motifs is 1. The number of allylic oxidation sites excluding steroid dienone is 2. The molecule has 1 N–H and O–H groups in total. The number of nitrogens with one attached hydrogen (secondary N) is 1. The van der Waals surface area contributed by atoms with Crippen molar-refractivity contribution < 1.29 is 4.74 Å². The Morgan fingerprint density at radius 3 is 2.29 bits per heavy atom. The molecule has 8 heterocycles. The molecule has 0 aliphatic carbocycles. The molecular formula is C37H24N10OS. The molecular weight excluding hydrogens is 633 g/mol. The van der Waals surface area contributed by atoms with Crippen molar-refractivity contribution in [3.8, 4) is 62.2 Å². The first-order valence-electron chi connectivity index (χ1n) is 15.4. The van der Waals surface area contributed by atoms with Gasteiger partial charge in [-0.1, -0.05) is 12.1 Å². The minimum absolute atomic E-state index is 0.496. The van der Waals surface area contributed by atoms with Crippen LogP contribution in [0.25, 0.3) is 73.1 Å². The van der Waals surface area contributed by atoms with Gasteiger partial charge in [-0.25, -0.2) is 9.97 Å². The van der Waals surface area contributed by atoms with Gasteiger partial charge >= 0.3 is 0 Å². The van der Waals surface area contributed by atoms with E-state index in [0.717, 1.165) is 61.6 Å². The van der Waals surface area contributed by atoms with Crippen molar-refractivity contribution in [3.63, 3.8) is 0 Å². The van der Waals surface area contributed by atoms with Crippen LogP contribution in [-0.2, 0) is 4.74 Å². The second kappa shape index (κ2) is 12.2. The molecule has 0 radical (unpaired) electrons. The minimum Gasteiger partial charge on any atom is -0.488 e. The van der Waals surface area contributed by atoms with Crippen molar-refractivity contribution >= 4 is 22.4 Å². The predicted molar refractivity (Wildman–Crippen MR) is 187 cm³/mol. The van der Waals surface area contributed by atoms with Crippen molar-refractivity contribution in [2.45, 2.75) is 6.10 Å². The van der Waals surface area contributed by atoms with Crippen molar-refractivity contribution in [2.24, 2.45) is 0 Å². The average molecular weight is 657 g/mol. The second-order valence-corrected chi connectivity index (χ2v) is 11.7. The van der Waals surface area contributed by atoms with Crippen LogP contribution in [0, 0.1) is 0 Å². The Balaban J connectivity index is 1.64. The lowest BCUT2D eigenvalue weighted by Crippen LogP contribution is -2.10. The number of nitrogens with zero attached hydrogens (tertiary/aromatic N) is 9. The summed E-state index contributed by atoms with van der Waals surface area (Å²) in [5, 5.41) is 11.8. The van der Waals surface area contributed by atoms with E-state index in [4.69, 9.17) is 29.0 Å². The highest BCUT2D eigenvalue weighted by Gasteiger charge is 2.36. The number of hydrogen-bond acceptors (Lipinski definition) is 10. The van der Waals surface area contributed by atoms with E-state index in [-0.39, 0.29) is 0 Å². The molecule has 12 heteroatoms. The summed E-state index contributed by atoms with van der Waals surface area (Å²) in [5.74, 6) is 1.31. The second-order valence-electron chi connectivity index (χ2n) is 11.0. The first kappa shape index (κ1) is 28.6. The largest absolute Gasteiger partial charge is 0.488 e. The van der Waals surface area contributed by atoms with Gasteiger partial charge in [-0.3, -0.25) is 19.5 Å². The van der Waals surface area contributed by atoms with Crippen LogP contribution in [0.5, 0.6) is 0 Å². The van der Waals surface area contributed by atoms with Crippen molar-refractivity contribution in [3.05, 3.63) is 140 Å². The summed E-state index contributed by atoms with van der Waals surface area (Å²) in [7, 11) is 0. The Labute approximate surface area is 283 Å². The van der Waals surface area contributed by atoms with Crippen LogP contribution in [0.3, 0.4) is 0 Å². The molecule has 1 unspecified atom stereocenters. The predicted octanol–water partition coefficient (Wildman–Crippen LogP) is 7.66. The van der Waals surface area contributed by atoms with Crippen molar-refractivity contribution in [1.82, 2.24) is 49.0 Å². The third-order valence-electron chi connectivity index (χ3n) is 8.29. The summed E-state index contributed by atoms with van der Waals surface area (Å²) < 4.78 is 13.5. The number of aromatic amines is 1.